The summed E-state index contributed by atoms with van der Waals surface area (Å²) in [6.07, 6.45) is 15.4. The lowest BCUT2D eigenvalue weighted by atomic mass is 9.84. The highest BCUT2D eigenvalue weighted by atomic mass is 16.2. The van der Waals surface area contributed by atoms with E-state index < -0.39 is 0 Å². The lowest BCUT2D eigenvalue weighted by molar-refractivity contribution is -0.124. The van der Waals surface area contributed by atoms with Crippen LogP contribution in [0.1, 0.15) is 82.6 Å². The van der Waals surface area contributed by atoms with Crippen molar-refractivity contribution in [3.63, 3.8) is 0 Å². The number of carbonyl (C=O) groups excluding carboxylic acids is 1. The maximum atomic E-state index is 14.0. The Labute approximate surface area is 234 Å². The number of carbonyl (C=O) groups is 1. The zero-order valence-corrected chi connectivity index (χ0v) is 23.5. The summed E-state index contributed by atoms with van der Waals surface area (Å²) < 4.78 is 0. The molecule has 3 aliphatic heterocycles. The Bertz CT molecular complexity index is 1130. The van der Waals surface area contributed by atoms with E-state index in [-0.39, 0.29) is 18.0 Å². The van der Waals surface area contributed by atoms with E-state index >= 15 is 0 Å². The fourth-order valence-electron chi connectivity index (χ4n) is 7.34. The minimum Gasteiger partial charge on any atom is -0.354 e. The van der Waals surface area contributed by atoms with Gasteiger partial charge in [0, 0.05) is 25.0 Å². The molecule has 3 heterocycles. The number of aliphatic imine (C=N–C) groups is 1. The molecule has 0 aromatic heterocycles. The van der Waals surface area contributed by atoms with Crippen molar-refractivity contribution in [1.82, 2.24) is 20.9 Å². The van der Waals surface area contributed by atoms with Crippen molar-refractivity contribution in [2.45, 2.75) is 108 Å². The van der Waals surface area contributed by atoms with Crippen molar-refractivity contribution in [2.75, 3.05) is 19.6 Å². The van der Waals surface area contributed by atoms with Crippen molar-refractivity contribution in [1.29, 1.82) is 0 Å². The average molecular weight is 530 g/mol. The molecule has 210 valence electrons. The maximum absolute atomic E-state index is 14.0. The quantitative estimate of drug-likeness (QED) is 0.342. The molecule has 1 amide bonds. The van der Waals surface area contributed by atoms with Crippen molar-refractivity contribution in [3.8, 4) is 0 Å². The molecule has 7 rings (SSSR count). The Morgan fingerprint density at radius 2 is 1.56 bits per heavy atom. The van der Waals surface area contributed by atoms with E-state index in [2.05, 4.69) is 63.3 Å². The topological polar surface area (TPSA) is 68.8 Å². The SMILES string of the molecule is O=C(N[C@H]1CN2CCC1CC2)[C@H](Cc1ccc2ccccc2c1)NC(=NC1CCCCC1)NC1CCCCC1. The van der Waals surface area contributed by atoms with Crippen molar-refractivity contribution >= 4 is 22.6 Å². The standard InChI is InChI=1S/C33H47N5O/c39-32(36-31-23-38-19-17-26(31)18-20-38)30(22-24-15-16-25-9-7-8-10-27(25)21-24)37-33(34-28-11-3-1-4-12-28)35-29-13-5-2-6-14-29/h7-10,15-16,21,26,28-31H,1-6,11-14,17-20,22-23H2,(H,36,39)(H2,34,35,37)/t30-,31-/m0/s1. The maximum Gasteiger partial charge on any atom is 0.243 e. The van der Waals surface area contributed by atoms with E-state index in [4.69, 9.17) is 4.99 Å². The Balaban J connectivity index is 1.24. The number of fused-ring (bicyclic) bond motifs is 4. The fourth-order valence-corrected chi connectivity index (χ4v) is 7.34. The highest BCUT2D eigenvalue weighted by molar-refractivity contribution is 5.90. The molecule has 2 aromatic carbocycles. The molecule has 5 aliphatic rings. The zero-order valence-electron chi connectivity index (χ0n) is 23.5. The van der Waals surface area contributed by atoms with E-state index in [9.17, 15) is 4.79 Å². The van der Waals surface area contributed by atoms with Gasteiger partial charge in [0.05, 0.1) is 6.04 Å². The summed E-state index contributed by atoms with van der Waals surface area (Å²) in [5.41, 5.74) is 1.19. The van der Waals surface area contributed by atoms with E-state index in [0.29, 0.717) is 24.4 Å². The molecule has 2 saturated carbocycles. The van der Waals surface area contributed by atoms with Crippen LogP contribution in [0.3, 0.4) is 0 Å². The molecular weight excluding hydrogens is 482 g/mol. The number of nitrogens with one attached hydrogen (secondary N) is 3. The van der Waals surface area contributed by atoms with Crippen LogP contribution in [-0.4, -0.2) is 60.6 Å². The molecule has 39 heavy (non-hydrogen) atoms. The van der Waals surface area contributed by atoms with Gasteiger partial charge in [-0.2, -0.15) is 0 Å². The van der Waals surface area contributed by atoms with Crippen LogP contribution in [-0.2, 0) is 11.2 Å². The Kier molecular flexibility index (Phi) is 8.68. The molecule has 0 spiro atoms. The molecular formula is C33H47N5O. The summed E-state index contributed by atoms with van der Waals surface area (Å²) in [5.74, 6) is 1.57. The molecule has 5 fully saturated rings. The average Bonchev–Trinajstić information content (AvgIpc) is 2.98. The van der Waals surface area contributed by atoms with Crippen LogP contribution in [0.5, 0.6) is 0 Å². The Morgan fingerprint density at radius 3 is 2.28 bits per heavy atom. The number of hydrogen-bond acceptors (Lipinski definition) is 3. The van der Waals surface area contributed by atoms with Gasteiger partial charge in [-0.25, -0.2) is 4.99 Å². The smallest absolute Gasteiger partial charge is 0.243 e. The zero-order chi connectivity index (χ0) is 26.4. The van der Waals surface area contributed by atoms with Gasteiger partial charge in [-0.15, -0.1) is 0 Å². The summed E-state index contributed by atoms with van der Waals surface area (Å²) in [7, 11) is 0. The van der Waals surface area contributed by atoms with Gasteiger partial charge < -0.3 is 20.9 Å². The molecule has 2 aliphatic carbocycles. The summed E-state index contributed by atoms with van der Waals surface area (Å²) in [5, 5.41) is 13.4. The van der Waals surface area contributed by atoms with Crippen LogP contribution in [0.4, 0.5) is 0 Å². The van der Waals surface area contributed by atoms with Gasteiger partial charge in [0.1, 0.15) is 6.04 Å². The van der Waals surface area contributed by atoms with Gasteiger partial charge in [0.2, 0.25) is 5.91 Å². The lowest BCUT2D eigenvalue weighted by Gasteiger charge is -2.45. The van der Waals surface area contributed by atoms with Crippen LogP contribution in [0, 0.1) is 5.92 Å². The fraction of sp³-hybridized carbons (Fsp3) is 0.636. The molecule has 2 bridgehead atoms. The number of guanidine groups is 1. The van der Waals surface area contributed by atoms with Crippen LogP contribution in [0.25, 0.3) is 10.8 Å². The van der Waals surface area contributed by atoms with Crippen LogP contribution in [0.15, 0.2) is 47.5 Å². The first-order valence-electron chi connectivity index (χ1n) is 15.8. The first-order valence-corrected chi connectivity index (χ1v) is 15.8. The number of benzene rings is 2. The number of hydrogen-bond donors (Lipinski definition) is 3. The highest BCUT2D eigenvalue weighted by Crippen LogP contribution is 2.28. The predicted octanol–water partition coefficient (Wildman–Crippen LogP) is 5.16. The first kappa shape index (κ1) is 26.6. The third-order valence-corrected chi connectivity index (χ3v) is 9.70. The van der Waals surface area contributed by atoms with E-state index in [1.807, 2.05) is 0 Å². The first-order chi connectivity index (χ1) is 19.2. The van der Waals surface area contributed by atoms with Crippen LogP contribution >= 0.6 is 0 Å². The summed E-state index contributed by atoms with van der Waals surface area (Å²) >= 11 is 0. The summed E-state index contributed by atoms with van der Waals surface area (Å²) in [4.78, 5) is 21.7. The molecule has 0 unspecified atom stereocenters. The molecule has 2 atom stereocenters. The van der Waals surface area contributed by atoms with Gasteiger partial charge in [-0.1, -0.05) is 81.0 Å². The number of amides is 1. The Morgan fingerprint density at radius 1 is 0.846 bits per heavy atom. The molecule has 0 radical (unpaired) electrons. The third-order valence-electron chi connectivity index (χ3n) is 9.70. The number of piperidine rings is 3. The summed E-state index contributed by atoms with van der Waals surface area (Å²) in [6.45, 7) is 3.35. The van der Waals surface area contributed by atoms with E-state index in [0.717, 1.165) is 25.3 Å². The van der Waals surface area contributed by atoms with Gasteiger partial charge in [-0.05, 0) is 73.9 Å². The summed E-state index contributed by atoms with van der Waals surface area (Å²) in [6, 6.07) is 15.8. The highest BCUT2D eigenvalue weighted by Gasteiger charge is 2.36. The minimum absolute atomic E-state index is 0.115. The van der Waals surface area contributed by atoms with Gasteiger partial charge in [0.15, 0.2) is 5.96 Å². The van der Waals surface area contributed by atoms with Gasteiger partial charge in [-0.3, -0.25) is 4.79 Å². The minimum atomic E-state index is -0.361. The van der Waals surface area contributed by atoms with Gasteiger partial charge in [0.25, 0.3) is 0 Å². The molecule has 3 N–H and O–H groups in total. The number of rotatable bonds is 7. The van der Waals surface area contributed by atoms with Gasteiger partial charge >= 0.3 is 0 Å². The molecule has 3 saturated heterocycles. The van der Waals surface area contributed by atoms with Crippen molar-refractivity contribution in [2.24, 2.45) is 10.9 Å². The molecule has 6 nitrogen and oxygen atoms in total. The monoisotopic (exact) mass is 529 g/mol. The van der Waals surface area contributed by atoms with Crippen molar-refractivity contribution < 1.29 is 4.79 Å². The normalized spacial score (nSPS) is 27.3. The number of nitrogens with zero attached hydrogens (tertiary/aromatic N) is 2. The Hall–Kier alpha value is -2.60. The molecule has 2 aromatic rings. The lowest BCUT2D eigenvalue weighted by Crippen LogP contribution is -2.61. The molecule has 6 heteroatoms. The van der Waals surface area contributed by atoms with Crippen LogP contribution < -0.4 is 16.0 Å². The largest absolute Gasteiger partial charge is 0.354 e. The van der Waals surface area contributed by atoms with E-state index in [1.165, 1.54) is 93.6 Å². The third kappa shape index (κ3) is 6.95. The van der Waals surface area contributed by atoms with Crippen LogP contribution in [0.2, 0.25) is 0 Å². The second-order valence-corrected chi connectivity index (χ2v) is 12.6. The second kappa shape index (κ2) is 12.7. The predicted molar refractivity (Wildman–Crippen MR) is 160 cm³/mol. The van der Waals surface area contributed by atoms with E-state index in [1.54, 1.807) is 0 Å². The second-order valence-electron chi connectivity index (χ2n) is 12.6. The van der Waals surface area contributed by atoms with Crippen molar-refractivity contribution in [3.05, 3.63) is 48.0 Å².